The molecule has 3 rings (SSSR count). The minimum Gasteiger partial charge on any atom is -0.507 e. The second-order valence-electron chi connectivity index (χ2n) is 5.01. The van der Waals surface area contributed by atoms with E-state index in [2.05, 4.69) is 5.32 Å². The third-order valence-corrected chi connectivity index (χ3v) is 3.37. The zero-order valence-corrected chi connectivity index (χ0v) is 12.0. The maximum atomic E-state index is 12.0. The Morgan fingerprint density at radius 1 is 0.955 bits per heavy atom. The molecule has 3 aromatic rings. The summed E-state index contributed by atoms with van der Waals surface area (Å²) in [6.07, 6.45) is -0.570. The van der Waals surface area contributed by atoms with Crippen LogP contribution in [0.2, 0.25) is 0 Å². The smallest absolute Gasteiger partial charge is 0.417 e. The first kappa shape index (κ1) is 13.9. The molecule has 0 unspecified atom stereocenters. The van der Waals surface area contributed by atoms with Crippen LogP contribution in [0.4, 0.5) is 10.5 Å². The number of hydrogen-bond donors (Lipinski definition) is 2. The highest BCUT2D eigenvalue weighted by Crippen LogP contribution is 2.30. The van der Waals surface area contributed by atoms with Crippen molar-refractivity contribution in [3.05, 3.63) is 66.2 Å². The standard InChI is InChI=1S/C18H15NO3/c1-12-6-8-13(9-7-12)22-18(21)19-16-10-11-17(20)15-5-3-2-4-14(15)16/h2-11,20H,1H3,(H,19,21). The summed E-state index contributed by atoms with van der Waals surface area (Å²) in [5, 5.41) is 14.0. The topological polar surface area (TPSA) is 58.6 Å². The van der Waals surface area contributed by atoms with Crippen LogP contribution in [0.5, 0.6) is 11.5 Å². The van der Waals surface area contributed by atoms with Crippen LogP contribution >= 0.6 is 0 Å². The van der Waals surface area contributed by atoms with Crippen molar-refractivity contribution in [1.29, 1.82) is 0 Å². The lowest BCUT2D eigenvalue weighted by Crippen LogP contribution is -2.16. The van der Waals surface area contributed by atoms with E-state index in [-0.39, 0.29) is 5.75 Å². The number of aryl methyl sites for hydroxylation is 1. The monoisotopic (exact) mass is 293 g/mol. The van der Waals surface area contributed by atoms with E-state index in [1.807, 2.05) is 37.3 Å². The molecule has 4 nitrogen and oxygen atoms in total. The fraction of sp³-hybridized carbons (Fsp3) is 0.0556. The first-order valence-corrected chi connectivity index (χ1v) is 6.90. The highest BCUT2D eigenvalue weighted by molar-refractivity contribution is 6.02. The van der Waals surface area contributed by atoms with Gasteiger partial charge >= 0.3 is 6.09 Å². The van der Waals surface area contributed by atoms with Crippen LogP contribution < -0.4 is 10.1 Å². The van der Waals surface area contributed by atoms with Crippen molar-refractivity contribution >= 4 is 22.6 Å². The van der Waals surface area contributed by atoms with Crippen molar-refractivity contribution in [2.24, 2.45) is 0 Å². The Bertz CT molecular complexity index is 825. The van der Waals surface area contributed by atoms with Crippen LogP contribution in [-0.2, 0) is 0 Å². The largest absolute Gasteiger partial charge is 0.507 e. The van der Waals surface area contributed by atoms with Crippen LogP contribution in [-0.4, -0.2) is 11.2 Å². The molecule has 4 heteroatoms. The Hall–Kier alpha value is -3.01. The molecule has 22 heavy (non-hydrogen) atoms. The van der Waals surface area contributed by atoms with Gasteiger partial charge in [-0.1, -0.05) is 42.0 Å². The first-order chi connectivity index (χ1) is 10.6. The van der Waals surface area contributed by atoms with Gasteiger partial charge in [0.2, 0.25) is 0 Å². The van der Waals surface area contributed by atoms with E-state index in [4.69, 9.17) is 4.74 Å². The van der Waals surface area contributed by atoms with Gasteiger partial charge in [-0.25, -0.2) is 4.79 Å². The lowest BCUT2D eigenvalue weighted by molar-refractivity contribution is 0.215. The molecule has 0 radical (unpaired) electrons. The normalized spacial score (nSPS) is 10.4. The highest BCUT2D eigenvalue weighted by atomic mass is 16.6. The van der Waals surface area contributed by atoms with Crippen molar-refractivity contribution in [2.75, 3.05) is 5.32 Å². The lowest BCUT2D eigenvalue weighted by Gasteiger charge is -2.10. The second-order valence-corrected chi connectivity index (χ2v) is 5.01. The fourth-order valence-electron chi connectivity index (χ4n) is 2.24. The van der Waals surface area contributed by atoms with Crippen LogP contribution in [0.1, 0.15) is 5.56 Å². The van der Waals surface area contributed by atoms with Crippen molar-refractivity contribution in [2.45, 2.75) is 6.92 Å². The molecule has 0 aromatic heterocycles. The number of amides is 1. The predicted molar refractivity (Wildman–Crippen MR) is 86.4 cm³/mol. The Balaban J connectivity index is 1.82. The molecule has 0 heterocycles. The van der Waals surface area contributed by atoms with Crippen molar-refractivity contribution in [1.82, 2.24) is 0 Å². The Kier molecular flexibility index (Phi) is 3.66. The van der Waals surface area contributed by atoms with E-state index in [1.165, 1.54) is 0 Å². The van der Waals surface area contributed by atoms with Crippen LogP contribution in [0.15, 0.2) is 60.7 Å². The van der Waals surface area contributed by atoms with Gasteiger partial charge in [-0.15, -0.1) is 0 Å². The number of aromatic hydroxyl groups is 1. The molecular weight excluding hydrogens is 278 g/mol. The van der Waals surface area contributed by atoms with Crippen molar-refractivity contribution < 1.29 is 14.6 Å². The SMILES string of the molecule is Cc1ccc(OC(=O)Nc2ccc(O)c3ccccc23)cc1. The van der Waals surface area contributed by atoms with Gasteiger partial charge < -0.3 is 9.84 Å². The fourth-order valence-corrected chi connectivity index (χ4v) is 2.24. The summed E-state index contributed by atoms with van der Waals surface area (Å²) in [4.78, 5) is 12.0. The summed E-state index contributed by atoms with van der Waals surface area (Å²) in [5.74, 6) is 0.652. The number of benzene rings is 3. The number of phenolic OH excluding ortho intramolecular Hbond substituents is 1. The van der Waals surface area contributed by atoms with E-state index in [0.29, 0.717) is 16.8 Å². The van der Waals surface area contributed by atoms with Crippen LogP contribution in [0.3, 0.4) is 0 Å². The average Bonchev–Trinajstić information content (AvgIpc) is 2.53. The average molecular weight is 293 g/mol. The molecule has 110 valence electrons. The van der Waals surface area contributed by atoms with Crippen LogP contribution in [0.25, 0.3) is 10.8 Å². The van der Waals surface area contributed by atoms with Crippen LogP contribution in [0, 0.1) is 6.92 Å². The minimum atomic E-state index is -0.570. The molecule has 0 saturated carbocycles. The Morgan fingerprint density at radius 3 is 2.36 bits per heavy atom. The Labute approximate surface area is 128 Å². The maximum Gasteiger partial charge on any atom is 0.417 e. The van der Waals surface area contributed by atoms with E-state index in [9.17, 15) is 9.90 Å². The molecule has 3 aromatic carbocycles. The number of fused-ring (bicyclic) bond motifs is 1. The van der Waals surface area contributed by atoms with Gasteiger partial charge in [0.1, 0.15) is 11.5 Å². The van der Waals surface area contributed by atoms with E-state index < -0.39 is 6.09 Å². The van der Waals surface area contributed by atoms with Gasteiger partial charge in [0.25, 0.3) is 0 Å². The number of carbonyl (C=O) groups excluding carboxylic acids is 1. The molecule has 0 fully saturated rings. The highest BCUT2D eigenvalue weighted by Gasteiger charge is 2.09. The van der Waals surface area contributed by atoms with Crippen molar-refractivity contribution in [3.8, 4) is 11.5 Å². The number of carbonyl (C=O) groups is 1. The molecule has 0 aliphatic carbocycles. The molecule has 0 aliphatic rings. The minimum absolute atomic E-state index is 0.174. The maximum absolute atomic E-state index is 12.0. The van der Waals surface area contributed by atoms with E-state index in [0.717, 1.165) is 10.9 Å². The Morgan fingerprint density at radius 2 is 1.64 bits per heavy atom. The summed E-state index contributed by atoms with van der Waals surface area (Å²) in [6, 6.07) is 17.7. The third-order valence-electron chi connectivity index (χ3n) is 3.37. The summed E-state index contributed by atoms with van der Waals surface area (Å²) < 4.78 is 5.24. The van der Waals surface area contributed by atoms with Gasteiger partial charge in [-0.05, 0) is 31.2 Å². The van der Waals surface area contributed by atoms with Gasteiger partial charge in [0.05, 0.1) is 5.69 Å². The molecule has 2 N–H and O–H groups in total. The van der Waals surface area contributed by atoms with E-state index >= 15 is 0 Å². The van der Waals surface area contributed by atoms with Gasteiger partial charge in [-0.3, -0.25) is 5.32 Å². The summed E-state index contributed by atoms with van der Waals surface area (Å²) in [6.45, 7) is 1.96. The van der Waals surface area contributed by atoms with Gasteiger partial charge in [-0.2, -0.15) is 0 Å². The van der Waals surface area contributed by atoms with Gasteiger partial charge in [0, 0.05) is 10.8 Å². The zero-order chi connectivity index (χ0) is 15.5. The molecular formula is C18H15NO3. The molecule has 0 saturated heterocycles. The number of anilines is 1. The van der Waals surface area contributed by atoms with Crippen molar-refractivity contribution in [3.63, 3.8) is 0 Å². The zero-order valence-electron chi connectivity index (χ0n) is 12.0. The summed E-state index contributed by atoms with van der Waals surface area (Å²) in [5.41, 5.74) is 1.68. The number of nitrogens with one attached hydrogen (secondary N) is 1. The predicted octanol–water partition coefficient (Wildman–Crippen LogP) is 4.46. The summed E-state index contributed by atoms with van der Waals surface area (Å²) >= 11 is 0. The quantitative estimate of drug-likeness (QED) is 0.686. The second kappa shape index (κ2) is 5.77. The molecule has 0 spiro atoms. The molecule has 0 bridgehead atoms. The lowest BCUT2D eigenvalue weighted by atomic mass is 10.1. The molecule has 0 aliphatic heterocycles. The molecule has 0 atom stereocenters. The number of hydrogen-bond acceptors (Lipinski definition) is 3. The number of ether oxygens (including phenoxy) is 1. The van der Waals surface area contributed by atoms with E-state index in [1.54, 1.807) is 30.3 Å². The number of phenols is 1. The third kappa shape index (κ3) is 2.86. The van der Waals surface area contributed by atoms with Gasteiger partial charge in [0.15, 0.2) is 0 Å². The molecule has 1 amide bonds. The first-order valence-electron chi connectivity index (χ1n) is 6.90. The number of rotatable bonds is 2. The summed E-state index contributed by atoms with van der Waals surface area (Å²) in [7, 11) is 0.